The molecule has 0 heterocycles. The molecule has 1 aromatic rings. The number of hydrogen-bond acceptors (Lipinski definition) is 2. The van der Waals surface area contributed by atoms with Gasteiger partial charge in [0, 0.05) is 12.3 Å². The Morgan fingerprint density at radius 2 is 1.64 bits per heavy atom. The number of ether oxygens (including phenoxy) is 2. The van der Waals surface area contributed by atoms with E-state index in [4.69, 9.17) is 9.47 Å². The van der Waals surface area contributed by atoms with Gasteiger partial charge in [-0.2, -0.15) is 0 Å². The van der Waals surface area contributed by atoms with Crippen LogP contribution in [0.25, 0.3) is 0 Å². The van der Waals surface area contributed by atoms with Gasteiger partial charge in [0.05, 0.1) is 6.10 Å². The Morgan fingerprint density at radius 3 is 2.14 bits per heavy atom. The van der Waals surface area contributed by atoms with Gasteiger partial charge in [0.1, 0.15) is 5.75 Å². The molecule has 1 saturated carbocycles. The standard InChI is InChI=1S/C26H42O2/c1-19(2)17-24(20(3)4)21-13-15-23(16-14-21)28-25(18-26(5,6)7)27-22-11-9-8-10-12-22/h13-17,20,22,24-25H,8-12,18H2,1-7H3. The molecule has 1 aliphatic carbocycles. The molecule has 1 aliphatic rings. The summed E-state index contributed by atoms with van der Waals surface area (Å²) < 4.78 is 12.7. The van der Waals surface area contributed by atoms with Crippen LogP contribution < -0.4 is 4.74 Å². The Morgan fingerprint density at radius 1 is 1.04 bits per heavy atom. The molecule has 2 atom stereocenters. The van der Waals surface area contributed by atoms with E-state index in [0.29, 0.717) is 17.9 Å². The molecule has 1 fully saturated rings. The highest BCUT2D eigenvalue weighted by Gasteiger charge is 2.25. The fraction of sp³-hybridized carbons (Fsp3) is 0.692. The third-order valence-electron chi connectivity index (χ3n) is 5.44. The summed E-state index contributed by atoms with van der Waals surface area (Å²) in [6.45, 7) is 15.7. The van der Waals surface area contributed by atoms with E-state index in [1.807, 2.05) is 0 Å². The molecule has 28 heavy (non-hydrogen) atoms. The lowest BCUT2D eigenvalue weighted by Crippen LogP contribution is -2.32. The maximum Gasteiger partial charge on any atom is 0.200 e. The third kappa shape index (κ3) is 7.99. The predicted octanol–water partition coefficient (Wildman–Crippen LogP) is 7.88. The first kappa shape index (κ1) is 23.0. The van der Waals surface area contributed by atoms with Gasteiger partial charge in [0.25, 0.3) is 0 Å². The normalized spacial score (nSPS) is 18.0. The van der Waals surface area contributed by atoms with Crippen LogP contribution in [0.5, 0.6) is 5.75 Å². The lowest BCUT2D eigenvalue weighted by molar-refractivity contribution is -0.142. The molecular weight excluding hydrogens is 344 g/mol. The quantitative estimate of drug-likeness (QED) is 0.334. The number of allylic oxidation sites excluding steroid dienone is 2. The molecule has 0 bridgehead atoms. The summed E-state index contributed by atoms with van der Waals surface area (Å²) in [5.74, 6) is 1.93. The minimum atomic E-state index is -0.173. The highest BCUT2D eigenvalue weighted by Crippen LogP contribution is 2.31. The predicted molar refractivity (Wildman–Crippen MR) is 120 cm³/mol. The SMILES string of the molecule is CC(C)=CC(c1ccc(OC(CC(C)(C)C)OC2CCCCC2)cc1)C(C)C. The summed E-state index contributed by atoms with van der Waals surface area (Å²) in [5.41, 5.74) is 2.89. The van der Waals surface area contributed by atoms with Crippen molar-refractivity contribution in [3.8, 4) is 5.75 Å². The van der Waals surface area contributed by atoms with Gasteiger partial charge in [-0.05, 0) is 55.7 Å². The molecule has 0 saturated heterocycles. The fourth-order valence-electron chi connectivity index (χ4n) is 3.99. The first-order chi connectivity index (χ1) is 13.1. The molecule has 2 unspecified atom stereocenters. The second-order valence-corrected chi connectivity index (χ2v) is 10.3. The van der Waals surface area contributed by atoms with Gasteiger partial charge in [-0.1, -0.05) is 77.7 Å². The second-order valence-electron chi connectivity index (χ2n) is 10.3. The molecule has 0 aliphatic heterocycles. The maximum absolute atomic E-state index is 6.41. The van der Waals surface area contributed by atoms with E-state index in [1.165, 1.54) is 43.2 Å². The van der Waals surface area contributed by atoms with Crippen molar-refractivity contribution in [2.24, 2.45) is 11.3 Å². The number of benzene rings is 1. The Hall–Kier alpha value is -1.28. The van der Waals surface area contributed by atoms with Crippen molar-refractivity contribution in [1.29, 1.82) is 0 Å². The lowest BCUT2D eigenvalue weighted by Gasteiger charge is -2.31. The zero-order valence-corrected chi connectivity index (χ0v) is 19.3. The lowest BCUT2D eigenvalue weighted by atomic mass is 9.87. The zero-order valence-electron chi connectivity index (χ0n) is 19.3. The highest BCUT2D eigenvalue weighted by atomic mass is 16.7. The summed E-state index contributed by atoms with van der Waals surface area (Å²) in [7, 11) is 0. The largest absolute Gasteiger partial charge is 0.465 e. The second kappa shape index (κ2) is 10.5. The van der Waals surface area contributed by atoms with Gasteiger partial charge in [-0.15, -0.1) is 0 Å². The van der Waals surface area contributed by atoms with Crippen molar-refractivity contribution < 1.29 is 9.47 Å². The molecule has 2 nitrogen and oxygen atoms in total. The van der Waals surface area contributed by atoms with Crippen LogP contribution in [0.4, 0.5) is 0 Å². The monoisotopic (exact) mass is 386 g/mol. The van der Waals surface area contributed by atoms with Crippen molar-refractivity contribution in [3.05, 3.63) is 41.5 Å². The van der Waals surface area contributed by atoms with Crippen LogP contribution >= 0.6 is 0 Å². The van der Waals surface area contributed by atoms with E-state index < -0.39 is 0 Å². The van der Waals surface area contributed by atoms with Crippen LogP contribution in [0.15, 0.2) is 35.9 Å². The van der Waals surface area contributed by atoms with Crippen molar-refractivity contribution in [3.63, 3.8) is 0 Å². The van der Waals surface area contributed by atoms with Crippen LogP contribution in [0, 0.1) is 11.3 Å². The molecule has 0 spiro atoms. The van der Waals surface area contributed by atoms with Gasteiger partial charge in [-0.3, -0.25) is 0 Å². The van der Waals surface area contributed by atoms with Crippen LogP contribution in [-0.4, -0.2) is 12.4 Å². The van der Waals surface area contributed by atoms with Crippen molar-refractivity contribution in [2.45, 2.75) is 105 Å². The van der Waals surface area contributed by atoms with Gasteiger partial charge in [0.2, 0.25) is 6.29 Å². The first-order valence-electron chi connectivity index (χ1n) is 11.2. The zero-order chi connectivity index (χ0) is 20.7. The minimum absolute atomic E-state index is 0.172. The van der Waals surface area contributed by atoms with Crippen molar-refractivity contribution >= 4 is 0 Å². The van der Waals surface area contributed by atoms with Crippen molar-refractivity contribution in [2.75, 3.05) is 0 Å². The summed E-state index contributed by atoms with van der Waals surface area (Å²) >= 11 is 0. The number of hydrogen-bond donors (Lipinski definition) is 0. The van der Waals surface area contributed by atoms with E-state index in [0.717, 1.165) is 12.2 Å². The maximum atomic E-state index is 6.41. The van der Waals surface area contributed by atoms with Gasteiger partial charge >= 0.3 is 0 Å². The smallest absolute Gasteiger partial charge is 0.200 e. The molecular formula is C26H42O2. The van der Waals surface area contributed by atoms with Crippen molar-refractivity contribution in [1.82, 2.24) is 0 Å². The van der Waals surface area contributed by atoms with Crippen LogP contribution in [-0.2, 0) is 4.74 Å². The summed E-state index contributed by atoms with van der Waals surface area (Å²) in [4.78, 5) is 0. The van der Waals surface area contributed by atoms with E-state index in [-0.39, 0.29) is 11.7 Å². The molecule has 158 valence electrons. The Labute approximate surface area is 173 Å². The molecule has 1 aromatic carbocycles. The molecule has 0 aromatic heterocycles. The molecule has 0 N–H and O–H groups in total. The molecule has 0 amide bonds. The Kier molecular flexibility index (Phi) is 8.61. The number of rotatable bonds is 8. The van der Waals surface area contributed by atoms with E-state index >= 15 is 0 Å². The summed E-state index contributed by atoms with van der Waals surface area (Å²) in [6.07, 6.45) is 9.69. The molecule has 2 rings (SSSR count). The van der Waals surface area contributed by atoms with E-state index in [9.17, 15) is 0 Å². The Balaban J connectivity index is 2.09. The van der Waals surface area contributed by atoms with E-state index in [1.54, 1.807) is 0 Å². The topological polar surface area (TPSA) is 18.5 Å². The van der Waals surface area contributed by atoms with E-state index in [2.05, 4.69) is 78.8 Å². The molecule has 2 heteroatoms. The highest BCUT2D eigenvalue weighted by molar-refractivity contribution is 5.32. The summed E-state index contributed by atoms with van der Waals surface area (Å²) in [6, 6.07) is 8.66. The van der Waals surface area contributed by atoms with Crippen LogP contribution in [0.1, 0.15) is 98.5 Å². The summed E-state index contributed by atoms with van der Waals surface area (Å²) in [5, 5.41) is 0. The minimum Gasteiger partial charge on any atom is -0.465 e. The fourth-order valence-corrected chi connectivity index (χ4v) is 3.99. The average Bonchev–Trinajstić information content (AvgIpc) is 2.59. The van der Waals surface area contributed by atoms with Gasteiger partial charge in [0.15, 0.2) is 0 Å². The van der Waals surface area contributed by atoms with Crippen LogP contribution in [0.2, 0.25) is 0 Å². The van der Waals surface area contributed by atoms with Crippen LogP contribution in [0.3, 0.4) is 0 Å². The van der Waals surface area contributed by atoms with Gasteiger partial charge < -0.3 is 9.47 Å². The Bertz CT molecular complexity index is 596. The average molecular weight is 387 g/mol. The molecule has 0 radical (unpaired) electrons. The third-order valence-corrected chi connectivity index (χ3v) is 5.44. The first-order valence-corrected chi connectivity index (χ1v) is 11.2. The van der Waals surface area contributed by atoms with Gasteiger partial charge in [-0.25, -0.2) is 0 Å².